The molecule has 0 amide bonds. The molecule has 2 atom stereocenters. The Morgan fingerprint density at radius 1 is 1.25 bits per heavy atom. The lowest BCUT2D eigenvalue weighted by Crippen LogP contribution is -2.50. The summed E-state index contributed by atoms with van der Waals surface area (Å²) < 4.78 is 41.8. The highest BCUT2D eigenvalue weighted by Gasteiger charge is 2.38. The van der Waals surface area contributed by atoms with E-state index in [4.69, 9.17) is 0 Å². The van der Waals surface area contributed by atoms with Crippen LogP contribution in [0.5, 0.6) is 0 Å². The lowest BCUT2D eigenvalue weighted by atomic mass is 9.89. The number of aliphatic hydroxyl groups is 1. The molecule has 2 N–H and O–H groups in total. The Bertz CT molecular complexity index is 465. The number of hydrogen-bond acceptors (Lipinski definition) is 3. The van der Waals surface area contributed by atoms with Crippen molar-refractivity contribution in [3.8, 4) is 0 Å². The molecule has 0 saturated carbocycles. The topological polar surface area (TPSA) is 55.3 Å². The van der Waals surface area contributed by atoms with Crippen molar-refractivity contribution in [1.82, 2.24) is 4.72 Å². The molecule has 0 aliphatic rings. The minimum atomic E-state index is -1.47. The normalized spacial score (nSPS) is 16.8. The Morgan fingerprint density at radius 2 is 1.85 bits per heavy atom. The third-order valence-corrected chi connectivity index (χ3v) is 4.78. The zero-order chi connectivity index (χ0) is 15.6. The molecule has 1 aromatic carbocycles. The van der Waals surface area contributed by atoms with Crippen LogP contribution in [0, 0.1) is 11.6 Å². The van der Waals surface area contributed by atoms with Crippen LogP contribution in [0.1, 0.15) is 39.7 Å². The van der Waals surface area contributed by atoms with E-state index in [-0.39, 0.29) is 18.6 Å². The summed E-state index contributed by atoms with van der Waals surface area (Å²) in [5.41, 5.74) is -1.05. The fraction of sp³-hybridized carbons (Fsp3) is 0.571. The van der Waals surface area contributed by atoms with Crippen LogP contribution in [0.3, 0.4) is 0 Å². The molecule has 6 heteroatoms. The van der Waals surface area contributed by atoms with Crippen LogP contribution in [0.2, 0.25) is 0 Å². The Morgan fingerprint density at radius 3 is 2.35 bits per heavy atom. The summed E-state index contributed by atoms with van der Waals surface area (Å²) in [6.07, 6.45) is 0.120. The second kappa shape index (κ2) is 6.39. The molecule has 0 saturated heterocycles. The van der Waals surface area contributed by atoms with Crippen molar-refractivity contribution in [3.63, 3.8) is 0 Å². The molecule has 0 bridgehead atoms. The van der Waals surface area contributed by atoms with Gasteiger partial charge in [0.25, 0.3) is 0 Å². The van der Waals surface area contributed by atoms with Gasteiger partial charge in [0.15, 0.2) is 11.6 Å². The Hall–Kier alpha value is -0.690. The fourth-order valence-corrected chi connectivity index (χ4v) is 2.68. The number of nitrogens with one attached hydrogen (secondary N) is 1. The maximum absolute atomic E-state index is 14.0. The van der Waals surface area contributed by atoms with Crippen molar-refractivity contribution in [2.45, 2.75) is 44.4 Å². The summed E-state index contributed by atoms with van der Waals surface area (Å²) in [6.45, 7) is 6.69. The first-order valence-corrected chi connectivity index (χ1v) is 7.52. The fourth-order valence-electron chi connectivity index (χ4n) is 1.75. The standard InChI is InChI=1S/C14H21F2NO2S/c1-13(2,3)20(19)17-14(4,8-9-18)10-6-5-7-11(15)12(10)16/h5-7,17-18H,8-9H2,1-4H3/t14-,20?/m1/s1. The summed E-state index contributed by atoms with van der Waals surface area (Å²) in [4.78, 5) is 0. The quantitative estimate of drug-likeness (QED) is 0.822. The summed E-state index contributed by atoms with van der Waals surface area (Å²) >= 11 is -1.47. The molecule has 0 aliphatic carbocycles. The van der Waals surface area contributed by atoms with E-state index in [0.29, 0.717) is 0 Å². The first kappa shape index (κ1) is 17.4. The minimum absolute atomic E-state index is 0.0594. The number of hydrogen-bond donors (Lipinski definition) is 2. The zero-order valence-electron chi connectivity index (χ0n) is 12.2. The number of benzene rings is 1. The summed E-state index contributed by atoms with van der Waals surface area (Å²) in [7, 11) is 0. The van der Waals surface area contributed by atoms with Crippen LogP contribution in [0.4, 0.5) is 8.78 Å². The molecule has 20 heavy (non-hydrogen) atoms. The van der Waals surface area contributed by atoms with Gasteiger partial charge < -0.3 is 9.66 Å². The van der Waals surface area contributed by atoms with Gasteiger partial charge in [0, 0.05) is 23.5 Å². The van der Waals surface area contributed by atoms with Gasteiger partial charge in [-0.05, 0) is 40.2 Å². The smallest absolute Gasteiger partial charge is 0.164 e. The summed E-state index contributed by atoms with van der Waals surface area (Å²) in [5, 5.41) is 9.18. The van der Waals surface area contributed by atoms with Crippen LogP contribution in [0.15, 0.2) is 18.2 Å². The molecule has 1 unspecified atom stereocenters. The molecule has 0 fully saturated rings. The molecule has 3 nitrogen and oxygen atoms in total. The van der Waals surface area contributed by atoms with Gasteiger partial charge in [-0.2, -0.15) is 0 Å². The molecule has 114 valence electrons. The lowest BCUT2D eigenvalue weighted by Gasteiger charge is -2.35. The van der Waals surface area contributed by atoms with Crippen LogP contribution in [-0.4, -0.2) is 21.0 Å². The third-order valence-electron chi connectivity index (χ3n) is 3.03. The van der Waals surface area contributed by atoms with Crippen LogP contribution >= 0.6 is 0 Å². The van der Waals surface area contributed by atoms with Crippen LogP contribution in [-0.2, 0) is 16.9 Å². The molecule has 1 aromatic rings. The van der Waals surface area contributed by atoms with Crippen molar-refractivity contribution in [2.75, 3.05) is 6.61 Å². The molecule has 1 rings (SSSR count). The average Bonchev–Trinajstić information content (AvgIpc) is 2.31. The maximum atomic E-state index is 14.0. The van der Waals surface area contributed by atoms with Crippen LogP contribution < -0.4 is 4.72 Å². The van der Waals surface area contributed by atoms with E-state index < -0.39 is 33.3 Å². The van der Waals surface area contributed by atoms with Gasteiger partial charge in [-0.25, -0.2) is 8.78 Å². The van der Waals surface area contributed by atoms with Crippen molar-refractivity contribution >= 4 is 11.4 Å². The van der Waals surface area contributed by atoms with E-state index in [0.717, 1.165) is 6.07 Å². The van der Waals surface area contributed by atoms with E-state index >= 15 is 0 Å². The van der Waals surface area contributed by atoms with Gasteiger partial charge in [0.05, 0.1) is 5.54 Å². The maximum Gasteiger partial charge on any atom is 0.164 e. The van der Waals surface area contributed by atoms with Crippen molar-refractivity contribution < 1.29 is 18.4 Å². The number of halogens is 2. The first-order valence-electron chi connectivity index (χ1n) is 6.37. The molecule has 0 aliphatic heterocycles. The molecule has 0 heterocycles. The molecule has 0 radical (unpaired) electrons. The van der Waals surface area contributed by atoms with Crippen molar-refractivity contribution in [3.05, 3.63) is 35.4 Å². The largest absolute Gasteiger partial charge is 0.598 e. The van der Waals surface area contributed by atoms with Gasteiger partial charge in [0.2, 0.25) is 0 Å². The van der Waals surface area contributed by atoms with Gasteiger partial charge in [-0.15, -0.1) is 4.72 Å². The molecule has 0 spiro atoms. The van der Waals surface area contributed by atoms with Gasteiger partial charge >= 0.3 is 0 Å². The molecular formula is C14H21F2NO2S. The minimum Gasteiger partial charge on any atom is -0.598 e. The zero-order valence-corrected chi connectivity index (χ0v) is 13.0. The predicted molar refractivity (Wildman–Crippen MR) is 76.4 cm³/mol. The Labute approximate surface area is 121 Å². The van der Waals surface area contributed by atoms with E-state index in [1.165, 1.54) is 12.1 Å². The Kier molecular flexibility index (Phi) is 5.54. The average molecular weight is 305 g/mol. The van der Waals surface area contributed by atoms with E-state index in [2.05, 4.69) is 4.72 Å². The van der Waals surface area contributed by atoms with Gasteiger partial charge in [-0.3, -0.25) is 0 Å². The summed E-state index contributed by atoms with van der Waals surface area (Å²) in [6, 6.07) is 3.85. The van der Waals surface area contributed by atoms with E-state index in [9.17, 15) is 18.4 Å². The third kappa shape index (κ3) is 3.91. The highest BCUT2D eigenvalue weighted by Crippen LogP contribution is 2.30. The first-order chi connectivity index (χ1) is 9.12. The van der Waals surface area contributed by atoms with Gasteiger partial charge in [-0.1, -0.05) is 12.1 Å². The highest BCUT2D eigenvalue weighted by molar-refractivity contribution is 7.90. The van der Waals surface area contributed by atoms with Crippen molar-refractivity contribution in [1.29, 1.82) is 0 Å². The Balaban J connectivity index is 3.18. The summed E-state index contributed by atoms with van der Waals surface area (Å²) in [5.74, 6) is -1.95. The molecular weight excluding hydrogens is 284 g/mol. The van der Waals surface area contributed by atoms with E-state index in [1.54, 1.807) is 27.7 Å². The highest BCUT2D eigenvalue weighted by atomic mass is 32.2. The van der Waals surface area contributed by atoms with Gasteiger partial charge in [0.1, 0.15) is 4.75 Å². The van der Waals surface area contributed by atoms with E-state index in [1.807, 2.05) is 0 Å². The van der Waals surface area contributed by atoms with Crippen molar-refractivity contribution in [2.24, 2.45) is 0 Å². The predicted octanol–water partition coefficient (Wildman–Crippen LogP) is 2.61. The number of aliphatic hydroxyl groups excluding tert-OH is 1. The molecule has 0 aromatic heterocycles. The SMILES string of the molecule is CC(C)(C)[S+]([O-])N[C@](C)(CCO)c1cccc(F)c1F. The van der Waals surface area contributed by atoms with Crippen LogP contribution in [0.25, 0.3) is 0 Å². The lowest BCUT2D eigenvalue weighted by molar-refractivity contribution is 0.233. The second-order valence-electron chi connectivity index (χ2n) is 5.89. The second-order valence-corrected chi connectivity index (χ2v) is 7.86. The monoisotopic (exact) mass is 305 g/mol. The number of rotatable bonds is 5.